The molecule has 4 rings (SSSR count). The summed E-state index contributed by atoms with van der Waals surface area (Å²) in [4.78, 5) is 13.6. The molecule has 1 heterocycles. The van der Waals surface area contributed by atoms with Crippen molar-refractivity contribution in [3.05, 3.63) is 71.3 Å². The minimum absolute atomic E-state index is 0.0665. The molecule has 1 saturated heterocycles. The third-order valence-corrected chi connectivity index (χ3v) is 6.69. The topological polar surface area (TPSA) is 56.1 Å². The van der Waals surface area contributed by atoms with E-state index in [1.165, 1.54) is 0 Å². The van der Waals surface area contributed by atoms with Crippen molar-refractivity contribution in [2.45, 2.75) is 43.8 Å². The van der Waals surface area contributed by atoms with Gasteiger partial charge in [0, 0.05) is 18.5 Å². The molecule has 2 aliphatic rings. The number of carbonyl (C=O) groups excluding carboxylic acids is 1. The minimum Gasteiger partial charge on any atom is -0.331 e. The van der Waals surface area contributed by atoms with Crippen molar-refractivity contribution < 1.29 is 18.0 Å². The average molecular weight is 441 g/mol. The van der Waals surface area contributed by atoms with Gasteiger partial charge in [-0.3, -0.25) is 4.79 Å². The number of piperidine rings is 1. The van der Waals surface area contributed by atoms with Crippen LogP contribution in [0.25, 0.3) is 0 Å². The average Bonchev–Trinajstić information content (AvgIpc) is 3.58. The molecule has 4 nitrogen and oxygen atoms in total. The maximum atomic E-state index is 13.6. The number of hydrogen-bond acceptors (Lipinski definition) is 3. The molecule has 0 radical (unpaired) electrons. The summed E-state index contributed by atoms with van der Waals surface area (Å²) < 4.78 is 40.7. The second-order valence-corrected chi connectivity index (χ2v) is 8.99. The molecular formula is C25H26F3N3O. The van der Waals surface area contributed by atoms with Gasteiger partial charge in [-0.25, -0.2) is 0 Å². The van der Waals surface area contributed by atoms with Crippen molar-refractivity contribution in [2.75, 3.05) is 19.6 Å². The summed E-state index contributed by atoms with van der Waals surface area (Å²) in [7, 11) is 0. The van der Waals surface area contributed by atoms with Crippen LogP contribution >= 0.6 is 0 Å². The smallest absolute Gasteiger partial charge is 0.331 e. The number of benzene rings is 2. The molecule has 0 bridgehead atoms. The molecule has 2 aromatic rings. The van der Waals surface area contributed by atoms with Gasteiger partial charge in [0.2, 0.25) is 0 Å². The zero-order valence-electron chi connectivity index (χ0n) is 17.7. The Kier molecular flexibility index (Phi) is 6.25. The van der Waals surface area contributed by atoms with Crippen molar-refractivity contribution in [1.82, 2.24) is 10.2 Å². The summed E-state index contributed by atoms with van der Waals surface area (Å²) in [6, 6.07) is 18.3. The van der Waals surface area contributed by atoms with E-state index >= 15 is 0 Å². The summed E-state index contributed by atoms with van der Waals surface area (Å²) in [5, 5.41) is 12.5. The number of halogens is 3. The zero-order chi connectivity index (χ0) is 22.8. The molecule has 168 valence electrons. The number of carbonyl (C=O) groups is 1. The number of alkyl halides is 3. The summed E-state index contributed by atoms with van der Waals surface area (Å²) in [6.45, 7) is 1.45. The normalized spacial score (nSPS) is 22.1. The molecule has 1 aliphatic heterocycles. The Bertz CT molecular complexity index is 993. The van der Waals surface area contributed by atoms with Crippen LogP contribution in [0.2, 0.25) is 0 Å². The lowest BCUT2D eigenvalue weighted by molar-refractivity contribution is -0.188. The molecule has 2 aromatic carbocycles. The van der Waals surface area contributed by atoms with Gasteiger partial charge in [0.1, 0.15) is 0 Å². The predicted octanol–water partition coefficient (Wildman–Crippen LogP) is 4.42. The van der Waals surface area contributed by atoms with Crippen molar-refractivity contribution in [3.63, 3.8) is 0 Å². The monoisotopic (exact) mass is 441 g/mol. The molecule has 1 saturated carbocycles. The second-order valence-electron chi connectivity index (χ2n) is 8.99. The van der Waals surface area contributed by atoms with Gasteiger partial charge in [-0.15, -0.1) is 0 Å². The quantitative estimate of drug-likeness (QED) is 0.722. The number of nitrogens with zero attached hydrogens (tertiary/aromatic N) is 2. The first-order valence-electron chi connectivity index (χ1n) is 10.9. The van der Waals surface area contributed by atoms with Crippen LogP contribution in [0.15, 0.2) is 54.6 Å². The molecule has 32 heavy (non-hydrogen) atoms. The Hall–Kier alpha value is -2.85. The van der Waals surface area contributed by atoms with E-state index in [-0.39, 0.29) is 12.5 Å². The highest BCUT2D eigenvalue weighted by Crippen LogP contribution is 2.48. The fourth-order valence-electron chi connectivity index (χ4n) is 4.98. The van der Waals surface area contributed by atoms with E-state index < -0.39 is 23.5 Å². The molecule has 2 unspecified atom stereocenters. The van der Waals surface area contributed by atoms with Crippen molar-refractivity contribution in [1.29, 1.82) is 5.26 Å². The van der Waals surface area contributed by atoms with Crippen LogP contribution in [0.3, 0.4) is 0 Å². The number of nitriles is 1. The van der Waals surface area contributed by atoms with E-state index in [0.717, 1.165) is 16.0 Å². The maximum absolute atomic E-state index is 13.6. The highest BCUT2D eigenvalue weighted by molar-refractivity contribution is 5.82. The highest BCUT2D eigenvalue weighted by atomic mass is 19.4. The van der Waals surface area contributed by atoms with E-state index in [2.05, 4.69) is 11.4 Å². The first-order chi connectivity index (χ1) is 15.3. The molecule has 2 atom stereocenters. The lowest BCUT2D eigenvalue weighted by Crippen LogP contribution is -2.51. The summed E-state index contributed by atoms with van der Waals surface area (Å²) in [6.07, 6.45) is -2.47. The largest absolute Gasteiger partial charge is 0.471 e. The summed E-state index contributed by atoms with van der Waals surface area (Å²) in [5.74, 6) is -1.81. The Morgan fingerprint density at radius 2 is 1.84 bits per heavy atom. The number of amides is 1. The number of nitrogens with one attached hydrogen (secondary N) is 1. The van der Waals surface area contributed by atoms with Gasteiger partial charge in [0.15, 0.2) is 0 Å². The number of rotatable bonds is 6. The van der Waals surface area contributed by atoms with Crippen molar-refractivity contribution in [2.24, 2.45) is 5.41 Å². The zero-order valence-corrected chi connectivity index (χ0v) is 17.7. The molecule has 2 fully saturated rings. The van der Waals surface area contributed by atoms with Crippen LogP contribution in [0, 0.1) is 16.7 Å². The van der Waals surface area contributed by atoms with Crippen molar-refractivity contribution >= 4 is 5.91 Å². The molecule has 0 spiro atoms. The van der Waals surface area contributed by atoms with Crippen molar-refractivity contribution in [3.8, 4) is 6.07 Å². The molecule has 0 aromatic heterocycles. The van der Waals surface area contributed by atoms with Crippen LogP contribution in [0.4, 0.5) is 13.2 Å². The van der Waals surface area contributed by atoms with Gasteiger partial charge in [0.05, 0.1) is 11.6 Å². The van der Waals surface area contributed by atoms with Crippen LogP contribution in [-0.4, -0.2) is 42.7 Å². The Balaban J connectivity index is 1.62. The van der Waals surface area contributed by atoms with E-state index in [1.54, 1.807) is 18.2 Å². The Morgan fingerprint density at radius 3 is 2.50 bits per heavy atom. The maximum Gasteiger partial charge on any atom is 0.471 e. The lowest BCUT2D eigenvalue weighted by atomic mass is 9.73. The first-order valence-corrected chi connectivity index (χ1v) is 10.9. The van der Waals surface area contributed by atoms with Crippen LogP contribution in [0.5, 0.6) is 0 Å². The summed E-state index contributed by atoms with van der Waals surface area (Å²) >= 11 is 0. The van der Waals surface area contributed by atoms with Gasteiger partial charge in [-0.05, 0) is 67.4 Å². The van der Waals surface area contributed by atoms with Gasteiger partial charge >= 0.3 is 12.1 Å². The van der Waals surface area contributed by atoms with Gasteiger partial charge in [0.25, 0.3) is 0 Å². The Morgan fingerprint density at radius 1 is 1.12 bits per heavy atom. The highest BCUT2D eigenvalue weighted by Gasteiger charge is 2.53. The lowest BCUT2D eigenvalue weighted by Gasteiger charge is -2.42. The molecule has 1 aliphatic carbocycles. The fourth-order valence-corrected chi connectivity index (χ4v) is 4.98. The van der Waals surface area contributed by atoms with Gasteiger partial charge in [-0.1, -0.05) is 42.5 Å². The SMILES string of the molecule is N#Cc1cccc(CC2(CN(C(=O)C(F)(F)F)C3CC3c3ccccc3)CCNCC2)c1. The fraction of sp³-hybridized carbons (Fsp3) is 0.440. The van der Waals surface area contributed by atoms with Crippen LogP contribution < -0.4 is 5.32 Å². The van der Waals surface area contributed by atoms with Gasteiger partial charge < -0.3 is 10.2 Å². The standard InChI is InChI=1S/C25H26F3N3O/c26-25(27,28)23(32)31(22-14-21(22)20-7-2-1-3-8-20)17-24(9-11-30-12-10-24)15-18-5-4-6-19(13-18)16-29/h1-8,13,21-22,30H,9-12,14-15,17H2. The molecule has 1 N–H and O–H groups in total. The second kappa shape index (κ2) is 8.95. The molecular weight excluding hydrogens is 415 g/mol. The molecule has 1 amide bonds. The third kappa shape index (κ3) is 4.97. The Labute approximate surface area is 186 Å². The number of hydrogen-bond donors (Lipinski definition) is 1. The van der Waals surface area contributed by atoms with E-state index in [0.29, 0.717) is 44.3 Å². The summed E-state index contributed by atoms with van der Waals surface area (Å²) in [5.41, 5.74) is 1.95. The first kappa shape index (κ1) is 22.3. The van der Waals surface area contributed by atoms with E-state index in [9.17, 15) is 23.2 Å². The van der Waals surface area contributed by atoms with E-state index in [4.69, 9.17) is 0 Å². The predicted molar refractivity (Wildman–Crippen MR) is 115 cm³/mol. The van der Waals surface area contributed by atoms with Crippen LogP contribution in [-0.2, 0) is 11.2 Å². The minimum atomic E-state index is -4.90. The van der Waals surface area contributed by atoms with E-state index in [1.807, 2.05) is 36.4 Å². The van der Waals surface area contributed by atoms with Gasteiger partial charge in [-0.2, -0.15) is 18.4 Å². The van der Waals surface area contributed by atoms with Crippen LogP contribution in [0.1, 0.15) is 41.9 Å². The molecule has 7 heteroatoms. The third-order valence-electron chi connectivity index (χ3n) is 6.69.